The van der Waals surface area contributed by atoms with Gasteiger partial charge in [-0.3, -0.25) is 0 Å². The number of hydrogen-bond acceptors (Lipinski definition) is 4. The molecule has 84 valence electrons. The largest absolute Gasteiger partial charge is 0.477 e. The lowest BCUT2D eigenvalue weighted by Gasteiger charge is -2.01. The van der Waals surface area contributed by atoms with Crippen molar-refractivity contribution in [2.75, 3.05) is 7.05 Å². The highest BCUT2D eigenvalue weighted by Crippen LogP contribution is 2.39. The summed E-state index contributed by atoms with van der Waals surface area (Å²) in [5.41, 5.74) is 0. The van der Waals surface area contributed by atoms with Crippen molar-refractivity contribution in [3.63, 3.8) is 0 Å². The van der Waals surface area contributed by atoms with Crippen LogP contribution in [-0.2, 0) is 10.0 Å². The number of nitrogens with one attached hydrogen (secondary N) is 1. The van der Waals surface area contributed by atoms with Gasteiger partial charge in [0.15, 0.2) is 0 Å². The Bertz CT molecular complexity index is 507. The normalized spacial score (nSPS) is 11.7. The van der Waals surface area contributed by atoms with E-state index in [9.17, 15) is 13.2 Å². The molecular formula is C6H5Br2NO4S2. The third-order valence-electron chi connectivity index (χ3n) is 1.50. The second kappa shape index (κ2) is 4.50. The van der Waals surface area contributed by atoms with E-state index in [4.69, 9.17) is 5.11 Å². The van der Waals surface area contributed by atoms with Gasteiger partial charge < -0.3 is 5.11 Å². The van der Waals surface area contributed by atoms with Gasteiger partial charge in [-0.25, -0.2) is 17.9 Å². The molecule has 0 bridgehead atoms. The molecule has 2 N–H and O–H groups in total. The predicted octanol–water partition coefficient (Wildman–Crippen LogP) is 1.88. The van der Waals surface area contributed by atoms with E-state index in [-0.39, 0.29) is 14.2 Å². The highest BCUT2D eigenvalue weighted by atomic mass is 79.9. The standard InChI is InChI=1S/C6H5Br2NO4S2/c1-9-15(12,13)4-2(7)5(8)14-3(4)6(10)11/h9H,1H3,(H,10,11). The molecule has 0 fully saturated rings. The first kappa shape index (κ1) is 13.1. The van der Waals surface area contributed by atoms with Crippen molar-refractivity contribution < 1.29 is 18.3 Å². The van der Waals surface area contributed by atoms with Crippen LogP contribution in [0.1, 0.15) is 9.67 Å². The van der Waals surface area contributed by atoms with Crippen LogP contribution in [-0.4, -0.2) is 26.5 Å². The fraction of sp³-hybridized carbons (Fsp3) is 0.167. The van der Waals surface area contributed by atoms with Gasteiger partial charge in [-0.1, -0.05) is 0 Å². The van der Waals surface area contributed by atoms with Crippen LogP contribution >= 0.6 is 43.2 Å². The van der Waals surface area contributed by atoms with Gasteiger partial charge in [0.1, 0.15) is 9.77 Å². The van der Waals surface area contributed by atoms with Gasteiger partial charge in [0, 0.05) is 0 Å². The summed E-state index contributed by atoms with van der Waals surface area (Å²) in [4.78, 5) is 10.3. The summed E-state index contributed by atoms with van der Waals surface area (Å²) in [7, 11) is -2.56. The molecule has 0 aromatic carbocycles. The fourth-order valence-electron chi connectivity index (χ4n) is 0.853. The quantitative estimate of drug-likeness (QED) is 0.841. The van der Waals surface area contributed by atoms with Crippen LogP contribution in [0.4, 0.5) is 0 Å². The summed E-state index contributed by atoms with van der Waals surface area (Å²) in [5, 5.41) is 8.84. The van der Waals surface area contributed by atoms with E-state index >= 15 is 0 Å². The van der Waals surface area contributed by atoms with Crippen molar-refractivity contribution in [3.8, 4) is 0 Å². The van der Waals surface area contributed by atoms with E-state index in [0.717, 1.165) is 11.3 Å². The van der Waals surface area contributed by atoms with E-state index in [1.54, 1.807) is 0 Å². The average molecular weight is 379 g/mol. The number of sulfonamides is 1. The lowest BCUT2D eigenvalue weighted by molar-refractivity contribution is 0.0698. The Balaban J connectivity index is 3.59. The number of halogens is 2. The zero-order valence-electron chi connectivity index (χ0n) is 7.24. The molecule has 0 unspecified atom stereocenters. The molecule has 0 radical (unpaired) electrons. The molecular weight excluding hydrogens is 374 g/mol. The van der Waals surface area contributed by atoms with E-state index in [1.165, 1.54) is 7.05 Å². The maximum absolute atomic E-state index is 11.5. The van der Waals surface area contributed by atoms with Crippen molar-refractivity contribution in [1.82, 2.24) is 4.72 Å². The molecule has 0 aliphatic rings. The van der Waals surface area contributed by atoms with Crippen LogP contribution in [0.25, 0.3) is 0 Å². The summed E-state index contributed by atoms with van der Waals surface area (Å²) < 4.78 is 25.8. The Hall–Kier alpha value is 0.0400. The van der Waals surface area contributed by atoms with Gasteiger partial charge in [0.05, 0.1) is 8.26 Å². The van der Waals surface area contributed by atoms with E-state index in [0.29, 0.717) is 3.79 Å². The average Bonchev–Trinajstić information content (AvgIpc) is 2.44. The van der Waals surface area contributed by atoms with Crippen LogP contribution in [0, 0.1) is 0 Å². The van der Waals surface area contributed by atoms with Gasteiger partial charge in [-0.2, -0.15) is 0 Å². The van der Waals surface area contributed by atoms with Gasteiger partial charge in [0.2, 0.25) is 10.0 Å². The number of aromatic carboxylic acids is 1. The molecule has 1 heterocycles. The zero-order valence-corrected chi connectivity index (χ0v) is 12.0. The number of carbonyl (C=O) groups is 1. The first-order valence-corrected chi connectivity index (χ1v) is 7.34. The lowest BCUT2D eigenvalue weighted by Crippen LogP contribution is -2.20. The Morgan fingerprint density at radius 2 is 2.00 bits per heavy atom. The SMILES string of the molecule is CNS(=O)(=O)c1c(C(=O)O)sc(Br)c1Br. The molecule has 0 spiro atoms. The van der Waals surface area contributed by atoms with Gasteiger partial charge >= 0.3 is 5.97 Å². The van der Waals surface area contributed by atoms with Gasteiger partial charge in [-0.05, 0) is 38.9 Å². The van der Waals surface area contributed by atoms with Gasteiger partial charge in [-0.15, -0.1) is 11.3 Å². The number of carboxylic acids is 1. The number of thiophene rings is 1. The smallest absolute Gasteiger partial charge is 0.347 e. The third kappa shape index (κ3) is 2.41. The summed E-state index contributed by atoms with van der Waals surface area (Å²) in [6, 6.07) is 0. The van der Waals surface area contributed by atoms with Gasteiger partial charge in [0.25, 0.3) is 0 Å². The molecule has 9 heteroatoms. The van der Waals surface area contributed by atoms with Crippen LogP contribution < -0.4 is 4.72 Å². The highest BCUT2D eigenvalue weighted by molar-refractivity contribution is 9.13. The molecule has 1 rings (SSSR count). The van der Waals surface area contributed by atoms with E-state index < -0.39 is 16.0 Å². The maximum atomic E-state index is 11.5. The van der Waals surface area contributed by atoms with Crippen LogP contribution in [0.15, 0.2) is 13.2 Å². The third-order valence-corrected chi connectivity index (χ3v) is 6.81. The van der Waals surface area contributed by atoms with E-state index in [1.807, 2.05) is 0 Å². The number of rotatable bonds is 3. The summed E-state index contributed by atoms with van der Waals surface area (Å²) in [6.07, 6.45) is 0. The molecule has 0 atom stereocenters. The van der Waals surface area contributed by atoms with Crippen molar-refractivity contribution in [2.24, 2.45) is 0 Å². The van der Waals surface area contributed by atoms with Crippen LogP contribution in [0.5, 0.6) is 0 Å². The minimum atomic E-state index is -3.78. The van der Waals surface area contributed by atoms with Crippen molar-refractivity contribution in [2.45, 2.75) is 4.90 Å². The highest BCUT2D eigenvalue weighted by Gasteiger charge is 2.28. The molecule has 0 saturated carbocycles. The molecule has 1 aromatic rings. The molecule has 0 aliphatic carbocycles. The maximum Gasteiger partial charge on any atom is 0.347 e. The summed E-state index contributed by atoms with van der Waals surface area (Å²) in [6.45, 7) is 0. The monoisotopic (exact) mass is 377 g/mol. The lowest BCUT2D eigenvalue weighted by atomic mass is 10.5. The van der Waals surface area contributed by atoms with Crippen LogP contribution in [0.3, 0.4) is 0 Å². The first-order chi connectivity index (χ1) is 6.81. The minimum absolute atomic E-state index is 0.222. The Kier molecular flexibility index (Phi) is 3.93. The predicted molar refractivity (Wildman–Crippen MR) is 62.9 cm³/mol. The molecule has 0 saturated heterocycles. The Morgan fingerprint density at radius 3 is 2.40 bits per heavy atom. The molecule has 15 heavy (non-hydrogen) atoms. The van der Waals surface area contributed by atoms with Crippen molar-refractivity contribution >= 4 is 59.2 Å². The number of hydrogen-bond donors (Lipinski definition) is 2. The summed E-state index contributed by atoms with van der Waals surface area (Å²) >= 11 is 6.94. The van der Waals surface area contributed by atoms with E-state index in [2.05, 4.69) is 36.6 Å². The van der Waals surface area contributed by atoms with Crippen molar-refractivity contribution in [3.05, 3.63) is 13.1 Å². The molecule has 1 aromatic heterocycles. The number of carboxylic acid groups (broad SMARTS) is 1. The second-order valence-corrected chi connectivity index (χ2v) is 7.32. The van der Waals surface area contributed by atoms with Crippen molar-refractivity contribution in [1.29, 1.82) is 0 Å². The first-order valence-electron chi connectivity index (χ1n) is 3.46. The minimum Gasteiger partial charge on any atom is -0.477 e. The zero-order chi connectivity index (χ0) is 11.8. The summed E-state index contributed by atoms with van der Waals surface area (Å²) in [5.74, 6) is -1.28. The molecule has 0 aliphatic heterocycles. The fourth-order valence-corrected chi connectivity index (χ4v) is 4.92. The molecule has 0 amide bonds. The Morgan fingerprint density at radius 1 is 1.47 bits per heavy atom. The van der Waals surface area contributed by atoms with Crippen LogP contribution in [0.2, 0.25) is 0 Å². The topological polar surface area (TPSA) is 83.5 Å². The molecule has 5 nitrogen and oxygen atoms in total. The second-order valence-electron chi connectivity index (χ2n) is 2.36. The Labute approximate surface area is 107 Å².